The Bertz CT molecular complexity index is 1260. The summed E-state index contributed by atoms with van der Waals surface area (Å²) < 4.78 is 7.46. The number of hydrogen-bond acceptors (Lipinski definition) is 8. The van der Waals surface area contributed by atoms with Gasteiger partial charge in [0.15, 0.2) is 11.6 Å². The summed E-state index contributed by atoms with van der Waals surface area (Å²) in [4.78, 5) is 13.9. The quantitative estimate of drug-likeness (QED) is 0.464. The van der Waals surface area contributed by atoms with E-state index in [9.17, 15) is 0 Å². The Hall–Kier alpha value is -3.75. The van der Waals surface area contributed by atoms with Gasteiger partial charge in [-0.1, -0.05) is 20.8 Å². The molecule has 0 saturated heterocycles. The number of hydrogen-bond donors (Lipinski definition) is 2. The molecule has 0 radical (unpaired) electrons. The number of anilines is 3. The van der Waals surface area contributed by atoms with Gasteiger partial charge in [-0.2, -0.15) is 0 Å². The molecule has 4 aromatic rings. The largest absolute Gasteiger partial charge is 0.495 e. The van der Waals surface area contributed by atoms with E-state index in [1.165, 1.54) is 0 Å². The molecule has 0 aliphatic carbocycles. The molecule has 9 nitrogen and oxygen atoms in total. The van der Waals surface area contributed by atoms with E-state index in [2.05, 4.69) is 51.6 Å². The Morgan fingerprint density at radius 3 is 2.62 bits per heavy atom. The maximum absolute atomic E-state index is 5.60. The van der Waals surface area contributed by atoms with Gasteiger partial charge in [-0.05, 0) is 36.1 Å². The Kier molecular flexibility index (Phi) is 5.65. The van der Waals surface area contributed by atoms with Crippen LogP contribution in [0, 0.1) is 12.3 Å². The molecule has 4 rings (SSSR count). The van der Waals surface area contributed by atoms with Crippen molar-refractivity contribution >= 4 is 28.4 Å². The van der Waals surface area contributed by atoms with E-state index >= 15 is 0 Å². The SMILES string of the molecule is COc1cc(-c2nncn2C)ccc1Nc1ncc2c(C)cnc(NCC(C)(C)C)c2n1. The van der Waals surface area contributed by atoms with Gasteiger partial charge in [0.25, 0.3) is 0 Å². The lowest BCUT2D eigenvalue weighted by atomic mass is 9.97. The fraction of sp³-hybridized carbons (Fsp3) is 0.348. The molecule has 0 fully saturated rings. The first kappa shape index (κ1) is 21.5. The molecule has 0 saturated carbocycles. The first-order valence-corrected chi connectivity index (χ1v) is 10.4. The van der Waals surface area contributed by atoms with Gasteiger partial charge in [0.1, 0.15) is 17.6 Å². The second-order valence-corrected chi connectivity index (χ2v) is 8.97. The number of ether oxygens (including phenoxy) is 1. The van der Waals surface area contributed by atoms with Crippen molar-refractivity contribution in [3.63, 3.8) is 0 Å². The normalized spacial score (nSPS) is 11.6. The average Bonchev–Trinajstić information content (AvgIpc) is 3.19. The van der Waals surface area contributed by atoms with Gasteiger partial charge in [-0.25, -0.2) is 15.0 Å². The smallest absolute Gasteiger partial charge is 0.227 e. The topological polar surface area (TPSA) is 103 Å². The summed E-state index contributed by atoms with van der Waals surface area (Å²) in [5.41, 5.74) is 3.58. The minimum absolute atomic E-state index is 0.116. The fourth-order valence-corrected chi connectivity index (χ4v) is 3.28. The van der Waals surface area contributed by atoms with Gasteiger partial charge < -0.3 is 19.9 Å². The third kappa shape index (κ3) is 4.46. The predicted octanol–water partition coefficient (Wildman–Crippen LogP) is 4.34. The summed E-state index contributed by atoms with van der Waals surface area (Å²) in [5, 5.41) is 15.8. The van der Waals surface area contributed by atoms with Crippen molar-refractivity contribution in [1.29, 1.82) is 0 Å². The molecule has 0 aliphatic rings. The van der Waals surface area contributed by atoms with E-state index in [4.69, 9.17) is 9.72 Å². The standard InChI is InChI=1S/C23H28N8O/c1-14-10-24-20(26-12-23(2,3)4)19-16(14)11-25-22(29-19)28-17-8-7-15(9-18(17)32-6)21-30-27-13-31(21)5/h7-11,13H,12H2,1-6H3,(H,24,26)(H,25,28,29). The van der Waals surface area contributed by atoms with Crippen LogP contribution in [-0.4, -0.2) is 43.4 Å². The highest BCUT2D eigenvalue weighted by Gasteiger charge is 2.15. The number of aromatic nitrogens is 6. The zero-order valence-electron chi connectivity index (χ0n) is 19.3. The van der Waals surface area contributed by atoms with Gasteiger partial charge in [0.2, 0.25) is 5.95 Å². The molecular weight excluding hydrogens is 404 g/mol. The van der Waals surface area contributed by atoms with E-state index in [1.807, 2.05) is 49.1 Å². The second-order valence-electron chi connectivity index (χ2n) is 8.97. The van der Waals surface area contributed by atoms with Crippen LogP contribution < -0.4 is 15.4 Å². The highest BCUT2D eigenvalue weighted by molar-refractivity contribution is 5.90. The number of rotatable bonds is 6. The lowest BCUT2D eigenvalue weighted by molar-refractivity contribution is 0.417. The Balaban J connectivity index is 1.67. The minimum Gasteiger partial charge on any atom is -0.495 e. The van der Waals surface area contributed by atoms with Crippen molar-refractivity contribution in [1.82, 2.24) is 29.7 Å². The number of methoxy groups -OCH3 is 1. The van der Waals surface area contributed by atoms with Crippen molar-refractivity contribution in [3.05, 3.63) is 42.5 Å². The average molecular weight is 433 g/mol. The van der Waals surface area contributed by atoms with Gasteiger partial charge in [-0.3, -0.25) is 0 Å². The van der Waals surface area contributed by atoms with Crippen LogP contribution in [0.5, 0.6) is 5.75 Å². The lowest BCUT2D eigenvalue weighted by Gasteiger charge is -2.20. The van der Waals surface area contributed by atoms with E-state index < -0.39 is 0 Å². The summed E-state index contributed by atoms with van der Waals surface area (Å²) in [6.45, 7) is 9.32. The first-order valence-electron chi connectivity index (χ1n) is 10.4. The highest BCUT2D eigenvalue weighted by Crippen LogP contribution is 2.32. The molecule has 9 heteroatoms. The molecule has 166 valence electrons. The Labute approximate surface area is 187 Å². The summed E-state index contributed by atoms with van der Waals surface area (Å²) in [6, 6.07) is 5.79. The number of pyridine rings is 1. The van der Waals surface area contributed by atoms with Crippen LogP contribution in [0.4, 0.5) is 17.5 Å². The van der Waals surface area contributed by atoms with Crippen LogP contribution >= 0.6 is 0 Å². The predicted molar refractivity (Wildman–Crippen MR) is 126 cm³/mol. The van der Waals surface area contributed by atoms with Gasteiger partial charge in [0.05, 0.1) is 12.8 Å². The van der Waals surface area contributed by atoms with Crippen molar-refractivity contribution in [2.45, 2.75) is 27.7 Å². The number of fused-ring (bicyclic) bond motifs is 1. The Morgan fingerprint density at radius 2 is 1.94 bits per heavy atom. The van der Waals surface area contributed by atoms with Crippen LogP contribution in [0.25, 0.3) is 22.3 Å². The number of nitrogens with one attached hydrogen (secondary N) is 2. The van der Waals surface area contributed by atoms with E-state index in [1.54, 1.807) is 13.4 Å². The summed E-state index contributed by atoms with van der Waals surface area (Å²) in [5.74, 6) is 2.62. The molecule has 0 bridgehead atoms. The monoisotopic (exact) mass is 432 g/mol. The molecule has 3 aromatic heterocycles. The fourth-order valence-electron chi connectivity index (χ4n) is 3.28. The molecule has 0 spiro atoms. The molecule has 0 atom stereocenters. The molecule has 0 unspecified atom stereocenters. The second kappa shape index (κ2) is 8.41. The van der Waals surface area contributed by atoms with Crippen LogP contribution in [0.3, 0.4) is 0 Å². The van der Waals surface area contributed by atoms with E-state index in [0.717, 1.165) is 45.9 Å². The molecule has 32 heavy (non-hydrogen) atoms. The Morgan fingerprint density at radius 1 is 1.12 bits per heavy atom. The zero-order valence-corrected chi connectivity index (χ0v) is 19.3. The number of aryl methyl sites for hydroxylation is 2. The number of nitrogens with zero attached hydrogens (tertiary/aromatic N) is 6. The molecule has 3 heterocycles. The molecule has 1 aromatic carbocycles. The van der Waals surface area contributed by atoms with Gasteiger partial charge >= 0.3 is 0 Å². The van der Waals surface area contributed by atoms with Crippen molar-refractivity contribution in [3.8, 4) is 17.1 Å². The van der Waals surface area contributed by atoms with Crippen LogP contribution in [0.15, 0.2) is 36.9 Å². The van der Waals surface area contributed by atoms with Crippen molar-refractivity contribution in [2.75, 3.05) is 24.3 Å². The van der Waals surface area contributed by atoms with Crippen molar-refractivity contribution < 1.29 is 4.74 Å². The third-order valence-electron chi connectivity index (χ3n) is 5.03. The maximum Gasteiger partial charge on any atom is 0.227 e. The highest BCUT2D eigenvalue weighted by atomic mass is 16.5. The first-order chi connectivity index (χ1) is 15.2. The van der Waals surface area contributed by atoms with Crippen LogP contribution in [0.2, 0.25) is 0 Å². The summed E-state index contributed by atoms with van der Waals surface area (Å²) in [7, 11) is 3.53. The third-order valence-corrected chi connectivity index (χ3v) is 5.03. The zero-order chi connectivity index (χ0) is 22.9. The molecule has 0 aliphatic heterocycles. The van der Waals surface area contributed by atoms with Crippen LogP contribution in [0.1, 0.15) is 26.3 Å². The maximum atomic E-state index is 5.60. The van der Waals surface area contributed by atoms with E-state index in [0.29, 0.717) is 11.7 Å². The van der Waals surface area contributed by atoms with Gasteiger partial charge in [0, 0.05) is 36.9 Å². The summed E-state index contributed by atoms with van der Waals surface area (Å²) in [6.07, 6.45) is 5.33. The van der Waals surface area contributed by atoms with Crippen LogP contribution in [-0.2, 0) is 7.05 Å². The molecule has 0 amide bonds. The number of benzene rings is 1. The molecular formula is C23H28N8O. The lowest BCUT2D eigenvalue weighted by Crippen LogP contribution is -2.20. The minimum atomic E-state index is 0.116. The summed E-state index contributed by atoms with van der Waals surface area (Å²) >= 11 is 0. The van der Waals surface area contributed by atoms with Gasteiger partial charge in [-0.15, -0.1) is 10.2 Å². The molecule has 2 N–H and O–H groups in total. The van der Waals surface area contributed by atoms with E-state index in [-0.39, 0.29) is 5.41 Å². The van der Waals surface area contributed by atoms with Crippen molar-refractivity contribution in [2.24, 2.45) is 12.5 Å².